The Morgan fingerprint density at radius 1 is 1.14 bits per heavy atom. The molecule has 0 radical (unpaired) electrons. The average molecular weight is 309 g/mol. The molecule has 0 spiro atoms. The summed E-state index contributed by atoms with van der Waals surface area (Å²) in [5.41, 5.74) is 0. The predicted molar refractivity (Wildman–Crippen MR) is 84.2 cm³/mol. The van der Waals surface area contributed by atoms with Gasteiger partial charge in [0.1, 0.15) is 6.04 Å². The van der Waals surface area contributed by atoms with Crippen LogP contribution in [-0.4, -0.2) is 46.8 Å². The molecule has 3 rings (SSSR count). The third-order valence-corrected chi connectivity index (χ3v) is 5.50. The van der Waals surface area contributed by atoms with Gasteiger partial charge < -0.3 is 10.2 Å². The molecule has 6 heteroatoms. The van der Waals surface area contributed by atoms with Gasteiger partial charge in [-0.25, -0.2) is 0 Å². The van der Waals surface area contributed by atoms with Crippen molar-refractivity contribution in [2.24, 2.45) is 10.9 Å². The molecule has 5 nitrogen and oxygen atoms in total. The Morgan fingerprint density at radius 3 is 2.67 bits per heavy atom. The van der Waals surface area contributed by atoms with Crippen molar-refractivity contribution in [1.82, 2.24) is 10.2 Å². The number of hydrogen-bond donors (Lipinski definition) is 1. The fraction of sp³-hybridized carbons (Fsp3) is 0.800. The summed E-state index contributed by atoms with van der Waals surface area (Å²) in [6.45, 7) is 1.50. The number of likely N-dealkylation sites (tertiary alicyclic amines) is 1. The van der Waals surface area contributed by atoms with Crippen LogP contribution in [0.5, 0.6) is 0 Å². The molecule has 2 fully saturated rings. The van der Waals surface area contributed by atoms with Crippen molar-refractivity contribution < 1.29 is 9.59 Å². The van der Waals surface area contributed by atoms with Crippen molar-refractivity contribution in [3.63, 3.8) is 0 Å². The van der Waals surface area contributed by atoms with Crippen LogP contribution >= 0.6 is 11.8 Å². The van der Waals surface area contributed by atoms with E-state index in [0.29, 0.717) is 0 Å². The Kier molecular flexibility index (Phi) is 4.83. The first-order chi connectivity index (χ1) is 10.3. The summed E-state index contributed by atoms with van der Waals surface area (Å²) < 4.78 is 0. The number of carbonyl (C=O) groups is 2. The van der Waals surface area contributed by atoms with E-state index in [0.717, 1.165) is 62.5 Å². The van der Waals surface area contributed by atoms with Gasteiger partial charge in [0.15, 0.2) is 5.17 Å². The Morgan fingerprint density at radius 2 is 1.95 bits per heavy atom. The van der Waals surface area contributed by atoms with Crippen LogP contribution in [0.2, 0.25) is 0 Å². The van der Waals surface area contributed by atoms with Crippen molar-refractivity contribution >= 4 is 28.7 Å². The number of thioether (sulfide) groups is 1. The summed E-state index contributed by atoms with van der Waals surface area (Å²) in [5, 5.41) is 3.61. The molecule has 0 aromatic carbocycles. The second kappa shape index (κ2) is 6.81. The van der Waals surface area contributed by atoms with E-state index in [1.165, 1.54) is 6.42 Å². The van der Waals surface area contributed by atoms with Crippen LogP contribution in [0, 0.1) is 5.92 Å². The lowest BCUT2D eigenvalue weighted by Gasteiger charge is -2.29. The second-order valence-electron chi connectivity index (χ2n) is 6.05. The minimum Gasteiger partial charge on any atom is -0.330 e. The van der Waals surface area contributed by atoms with Gasteiger partial charge in [-0.15, -0.1) is 0 Å². The maximum atomic E-state index is 12.7. The number of amides is 2. The molecule has 0 aromatic rings. The molecular weight excluding hydrogens is 286 g/mol. The summed E-state index contributed by atoms with van der Waals surface area (Å²) in [4.78, 5) is 31.1. The maximum Gasteiger partial charge on any atom is 0.248 e. The van der Waals surface area contributed by atoms with E-state index in [2.05, 4.69) is 10.3 Å². The van der Waals surface area contributed by atoms with E-state index in [1.807, 2.05) is 4.90 Å². The van der Waals surface area contributed by atoms with Crippen molar-refractivity contribution in [3.8, 4) is 0 Å². The molecule has 21 heavy (non-hydrogen) atoms. The number of carbonyl (C=O) groups excluding carboxylic acids is 2. The number of aliphatic imine (C=N–C) groups is 1. The summed E-state index contributed by atoms with van der Waals surface area (Å²) in [5.74, 6) is 1.23. The number of amidine groups is 1. The number of nitrogens with zero attached hydrogens (tertiary/aromatic N) is 2. The second-order valence-corrected chi connectivity index (χ2v) is 7.13. The SMILES string of the molecule is O=C(NC1=NCCS1)[C@H]1CCCN1C(=O)C1CCCCC1. The van der Waals surface area contributed by atoms with Gasteiger partial charge in [0.05, 0.1) is 6.54 Å². The topological polar surface area (TPSA) is 61.8 Å². The number of rotatable bonds is 2. The van der Waals surface area contributed by atoms with Gasteiger partial charge in [-0.05, 0) is 25.7 Å². The molecule has 0 aromatic heterocycles. The van der Waals surface area contributed by atoms with Crippen LogP contribution in [0.25, 0.3) is 0 Å². The van der Waals surface area contributed by atoms with Crippen molar-refractivity contribution in [2.75, 3.05) is 18.8 Å². The number of hydrogen-bond acceptors (Lipinski definition) is 4. The first-order valence-electron chi connectivity index (χ1n) is 8.04. The van der Waals surface area contributed by atoms with Crippen LogP contribution in [0.3, 0.4) is 0 Å². The minimum atomic E-state index is -0.289. The zero-order chi connectivity index (χ0) is 14.7. The Balaban J connectivity index is 1.61. The zero-order valence-electron chi connectivity index (χ0n) is 12.3. The smallest absolute Gasteiger partial charge is 0.248 e. The highest BCUT2D eigenvalue weighted by molar-refractivity contribution is 8.14. The number of nitrogens with one attached hydrogen (secondary N) is 1. The summed E-state index contributed by atoms with van der Waals surface area (Å²) in [6, 6.07) is -0.289. The molecule has 1 atom stereocenters. The van der Waals surface area contributed by atoms with Gasteiger partial charge >= 0.3 is 0 Å². The quantitative estimate of drug-likeness (QED) is 0.846. The fourth-order valence-electron chi connectivity index (χ4n) is 3.49. The zero-order valence-corrected chi connectivity index (χ0v) is 13.2. The van der Waals surface area contributed by atoms with Crippen LogP contribution < -0.4 is 5.32 Å². The van der Waals surface area contributed by atoms with Gasteiger partial charge in [-0.2, -0.15) is 0 Å². The van der Waals surface area contributed by atoms with Crippen molar-refractivity contribution in [1.29, 1.82) is 0 Å². The molecule has 3 aliphatic rings. The fourth-order valence-corrected chi connectivity index (χ4v) is 4.22. The lowest BCUT2D eigenvalue weighted by Crippen LogP contribution is -2.48. The van der Waals surface area contributed by atoms with Crippen LogP contribution in [-0.2, 0) is 9.59 Å². The van der Waals surface area contributed by atoms with Gasteiger partial charge in [0, 0.05) is 18.2 Å². The largest absolute Gasteiger partial charge is 0.330 e. The highest BCUT2D eigenvalue weighted by Crippen LogP contribution is 2.29. The van der Waals surface area contributed by atoms with Crippen LogP contribution in [0.15, 0.2) is 4.99 Å². The first-order valence-corrected chi connectivity index (χ1v) is 9.03. The lowest BCUT2D eigenvalue weighted by molar-refractivity contribution is -0.142. The van der Waals surface area contributed by atoms with E-state index in [9.17, 15) is 9.59 Å². The molecule has 2 aliphatic heterocycles. The molecule has 116 valence electrons. The van der Waals surface area contributed by atoms with E-state index in [-0.39, 0.29) is 23.8 Å². The highest BCUT2D eigenvalue weighted by Gasteiger charge is 2.37. The average Bonchev–Trinajstić information content (AvgIpc) is 3.18. The molecule has 2 amide bonds. The Labute approximate surface area is 129 Å². The minimum absolute atomic E-state index is 0.0511. The standard InChI is InChI=1S/C15H23N3O2S/c19-13(17-15-16-8-10-21-15)12-7-4-9-18(12)14(20)11-5-2-1-3-6-11/h11-12H,1-10H2,(H,16,17,19)/t12-/m1/s1. The van der Waals surface area contributed by atoms with E-state index < -0.39 is 0 Å². The summed E-state index contributed by atoms with van der Waals surface area (Å²) in [7, 11) is 0. The molecule has 1 N–H and O–H groups in total. The summed E-state index contributed by atoms with van der Waals surface area (Å²) >= 11 is 1.58. The van der Waals surface area contributed by atoms with Gasteiger partial charge in [-0.1, -0.05) is 31.0 Å². The third-order valence-electron chi connectivity index (χ3n) is 4.61. The normalized spacial score (nSPS) is 26.8. The molecule has 1 aliphatic carbocycles. The van der Waals surface area contributed by atoms with Crippen LogP contribution in [0.1, 0.15) is 44.9 Å². The highest BCUT2D eigenvalue weighted by atomic mass is 32.2. The van der Waals surface area contributed by atoms with Gasteiger partial charge in [0.25, 0.3) is 0 Å². The van der Waals surface area contributed by atoms with Gasteiger partial charge in [-0.3, -0.25) is 14.6 Å². The third kappa shape index (κ3) is 3.42. The lowest BCUT2D eigenvalue weighted by atomic mass is 9.88. The molecule has 0 unspecified atom stereocenters. The van der Waals surface area contributed by atoms with Gasteiger partial charge in [0.2, 0.25) is 11.8 Å². The van der Waals surface area contributed by atoms with E-state index in [1.54, 1.807) is 11.8 Å². The van der Waals surface area contributed by atoms with Crippen molar-refractivity contribution in [3.05, 3.63) is 0 Å². The summed E-state index contributed by atoms with van der Waals surface area (Å²) in [6.07, 6.45) is 7.23. The van der Waals surface area contributed by atoms with E-state index in [4.69, 9.17) is 0 Å². The maximum absolute atomic E-state index is 12.7. The molecule has 2 heterocycles. The predicted octanol–water partition coefficient (Wildman–Crippen LogP) is 1.78. The molecule has 0 bridgehead atoms. The Bertz CT molecular complexity index is 446. The molecule has 1 saturated heterocycles. The van der Waals surface area contributed by atoms with Crippen molar-refractivity contribution in [2.45, 2.75) is 51.0 Å². The molecular formula is C15H23N3O2S. The molecule has 1 saturated carbocycles. The van der Waals surface area contributed by atoms with Crippen LogP contribution in [0.4, 0.5) is 0 Å². The van der Waals surface area contributed by atoms with E-state index >= 15 is 0 Å². The monoisotopic (exact) mass is 309 g/mol. The first kappa shape index (κ1) is 14.9. The Hall–Kier alpha value is -1.04.